The smallest absolute Gasteiger partial charge is 0.222 e. The first-order valence-electron chi connectivity index (χ1n) is 7.10. The molecule has 2 aromatic heterocycles. The minimum atomic E-state index is 0.0520. The summed E-state index contributed by atoms with van der Waals surface area (Å²) in [6.07, 6.45) is 2.47. The number of nitrogens with zero attached hydrogens (tertiary/aromatic N) is 2. The molecule has 2 heterocycles. The third kappa shape index (κ3) is 4.25. The number of aromatic nitrogens is 3. The fourth-order valence-corrected chi connectivity index (χ4v) is 3.13. The van der Waals surface area contributed by atoms with Crippen molar-refractivity contribution in [1.29, 1.82) is 0 Å². The molecule has 7 heteroatoms. The highest BCUT2D eigenvalue weighted by atomic mass is 32.1. The van der Waals surface area contributed by atoms with E-state index in [-0.39, 0.29) is 11.9 Å². The topological polar surface area (TPSA) is 62.7 Å². The average Bonchev–Trinajstić information content (AvgIpc) is 3.06. The van der Waals surface area contributed by atoms with Crippen LogP contribution < -0.4 is 5.32 Å². The Morgan fingerprint density at radius 2 is 2.43 bits per heavy atom. The van der Waals surface area contributed by atoms with Crippen LogP contribution in [0.2, 0.25) is 0 Å². The number of carbonyl (C=O) groups is 1. The molecule has 21 heavy (non-hydrogen) atoms. The van der Waals surface area contributed by atoms with E-state index < -0.39 is 0 Å². The highest BCUT2D eigenvalue weighted by Gasteiger charge is 2.12. The summed E-state index contributed by atoms with van der Waals surface area (Å²) in [4.78, 5) is 13.0. The third-order valence-corrected chi connectivity index (χ3v) is 4.37. The number of hydrogen-bond donors (Lipinski definition) is 2. The van der Waals surface area contributed by atoms with Gasteiger partial charge in [0.15, 0.2) is 10.6 Å². The fraction of sp³-hybridized carbons (Fsp3) is 0.500. The highest BCUT2D eigenvalue weighted by Crippen LogP contribution is 2.22. The van der Waals surface area contributed by atoms with Gasteiger partial charge >= 0.3 is 0 Å². The van der Waals surface area contributed by atoms with Crippen molar-refractivity contribution in [3.05, 3.63) is 22.3 Å². The van der Waals surface area contributed by atoms with E-state index in [9.17, 15) is 4.79 Å². The quantitative estimate of drug-likeness (QED) is 0.768. The van der Waals surface area contributed by atoms with Crippen LogP contribution in [0.1, 0.15) is 33.1 Å². The lowest BCUT2D eigenvalue weighted by Gasteiger charge is -2.13. The van der Waals surface area contributed by atoms with Crippen LogP contribution in [0.25, 0.3) is 10.7 Å². The van der Waals surface area contributed by atoms with Crippen LogP contribution in [0, 0.1) is 4.77 Å². The minimum absolute atomic E-state index is 0.0520. The first-order chi connectivity index (χ1) is 10.1. The Morgan fingerprint density at radius 1 is 1.62 bits per heavy atom. The number of thiophene rings is 1. The van der Waals surface area contributed by atoms with Gasteiger partial charge in [-0.1, -0.05) is 19.4 Å². The van der Waals surface area contributed by atoms with Crippen molar-refractivity contribution in [3.63, 3.8) is 0 Å². The molecule has 0 spiro atoms. The standard InChI is InChI=1S/C14H20N4OS2/c1-3-5-10(2)15-12(19)7-8-18-13(16-17-14(18)20)11-6-4-9-21-11/h4,6,9-10H,3,5,7-8H2,1-2H3,(H,15,19)(H,17,20). The second-order valence-corrected chi connectivity index (χ2v) is 6.32. The van der Waals surface area contributed by atoms with Crippen LogP contribution in [0.15, 0.2) is 17.5 Å². The van der Waals surface area contributed by atoms with Crippen molar-refractivity contribution >= 4 is 29.5 Å². The zero-order valence-corrected chi connectivity index (χ0v) is 13.9. The Morgan fingerprint density at radius 3 is 3.10 bits per heavy atom. The van der Waals surface area contributed by atoms with Gasteiger partial charge in [-0.2, -0.15) is 5.10 Å². The van der Waals surface area contributed by atoms with Gasteiger partial charge in [0.2, 0.25) is 5.91 Å². The highest BCUT2D eigenvalue weighted by molar-refractivity contribution is 7.71. The molecule has 0 radical (unpaired) electrons. The molecule has 0 aromatic carbocycles. The molecule has 0 aliphatic rings. The largest absolute Gasteiger partial charge is 0.354 e. The number of carbonyl (C=O) groups excluding carboxylic acids is 1. The summed E-state index contributed by atoms with van der Waals surface area (Å²) < 4.78 is 2.43. The molecule has 0 bridgehead atoms. The second-order valence-electron chi connectivity index (χ2n) is 4.99. The van der Waals surface area contributed by atoms with Crippen LogP contribution in [-0.4, -0.2) is 26.7 Å². The summed E-state index contributed by atoms with van der Waals surface area (Å²) in [7, 11) is 0. The van der Waals surface area contributed by atoms with Gasteiger partial charge in [0.25, 0.3) is 0 Å². The van der Waals surface area contributed by atoms with E-state index in [1.807, 2.05) is 29.0 Å². The lowest BCUT2D eigenvalue weighted by atomic mass is 10.2. The maximum absolute atomic E-state index is 11.9. The zero-order valence-electron chi connectivity index (χ0n) is 12.3. The number of amides is 1. The summed E-state index contributed by atoms with van der Waals surface area (Å²) in [5, 5.41) is 12.1. The Balaban J connectivity index is 1.99. The molecule has 114 valence electrons. The van der Waals surface area contributed by atoms with Gasteiger partial charge in [-0.05, 0) is 37.0 Å². The van der Waals surface area contributed by atoms with E-state index in [0.29, 0.717) is 17.7 Å². The summed E-state index contributed by atoms with van der Waals surface area (Å²) in [6, 6.07) is 4.19. The molecule has 2 N–H and O–H groups in total. The van der Waals surface area contributed by atoms with Crippen molar-refractivity contribution in [1.82, 2.24) is 20.1 Å². The number of aromatic amines is 1. The van der Waals surface area contributed by atoms with E-state index in [1.165, 1.54) is 0 Å². The van der Waals surface area contributed by atoms with Crippen LogP contribution in [-0.2, 0) is 11.3 Å². The number of rotatable bonds is 7. The predicted octanol–water partition coefficient (Wildman–Crippen LogP) is 3.36. The van der Waals surface area contributed by atoms with Gasteiger partial charge in [-0.25, -0.2) is 0 Å². The maximum atomic E-state index is 11.9. The van der Waals surface area contributed by atoms with Crippen molar-refractivity contribution in [2.75, 3.05) is 0 Å². The fourth-order valence-electron chi connectivity index (χ4n) is 2.18. The maximum Gasteiger partial charge on any atom is 0.222 e. The van der Waals surface area contributed by atoms with Gasteiger partial charge in [-0.15, -0.1) is 11.3 Å². The van der Waals surface area contributed by atoms with Crippen molar-refractivity contribution in [3.8, 4) is 10.7 Å². The molecule has 0 aliphatic carbocycles. The molecule has 0 saturated heterocycles. The van der Waals surface area contributed by atoms with Gasteiger partial charge < -0.3 is 5.32 Å². The lowest BCUT2D eigenvalue weighted by Crippen LogP contribution is -2.32. The first-order valence-corrected chi connectivity index (χ1v) is 8.39. The van der Waals surface area contributed by atoms with Gasteiger partial charge in [0, 0.05) is 19.0 Å². The van der Waals surface area contributed by atoms with E-state index in [2.05, 4.69) is 22.4 Å². The minimum Gasteiger partial charge on any atom is -0.354 e. The Kier molecular flexibility index (Phi) is 5.69. The normalized spacial score (nSPS) is 12.3. The van der Waals surface area contributed by atoms with Crippen LogP contribution in [0.4, 0.5) is 0 Å². The zero-order chi connectivity index (χ0) is 15.2. The average molecular weight is 324 g/mol. The molecule has 0 saturated carbocycles. The molecular formula is C14H20N4OS2. The number of hydrogen-bond acceptors (Lipinski definition) is 4. The molecule has 1 unspecified atom stereocenters. The Hall–Kier alpha value is -1.47. The monoisotopic (exact) mass is 324 g/mol. The summed E-state index contributed by atoms with van der Waals surface area (Å²) >= 11 is 6.85. The molecule has 1 amide bonds. The molecule has 0 fully saturated rings. The van der Waals surface area contributed by atoms with E-state index >= 15 is 0 Å². The van der Waals surface area contributed by atoms with Crippen molar-refractivity contribution in [2.24, 2.45) is 0 Å². The van der Waals surface area contributed by atoms with Crippen LogP contribution >= 0.6 is 23.6 Å². The third-order valence-electron chi connectivity index (χ3n) is 3.19. The molecule has 5 nitrogen and oxygen atoms in total. The van der Waals surface area contributed by atoms with Gasteiger partial charge in [0.1, 0.15) is 0 Å². The van der Waals surface area contributed by atoms with Crippen LogP contribution in [0.5, 0.6) is 0 Å². The van der Waals surface area contributed by atoms with E-state index in [4.69, 9.17) is 12.2 Å². The summed E-state index contributed by atoms with van der Waals surface area (Å²) in [6.45, 7) is 4.68. The van der Waals surface area contributed by atoms with Gasteiger partial charge in [-0.3, -0.25) is 14.5 Å². The Bertz CT molecular complexity index is 630. The predicted molar refractivity (Wildman–Crippen MR) is 87.9 cm³/mol. The lowest BCUT2D eigenvalue weighted by molar-refractivity contribution is -0.121. The van der Waals surface area contributed by atoms with E-state index in [1.54, 1.807) is 11.3 Å². The van der Waals surface area contributed by atoms with Crippen LogP contribution in [0.3, 0.4) is 0 Å². The van der Waals surface area contributed by atoms with Crippen molar-refractivity contribution < 1.29 is 4.79 Å². The number of nitrogens with one attached hydrogen (secondary N) is 2. The molecular weight excluding hydrogens is 304 g/mol. The SMILES string of the molecule is CCCC(C)NC(=O)CCn1c(-c2cccs2)n[nH]c1=S. The molecule has 2 aromatic rings. The summed E-state index contributed by atoms with van der Waals surface area (Å²) in [5.74, 6) is 0.848. The van der Waals surface area contributed by atoms with Gasteiger partial charge in [0.05, 0.1) is 4.88 Å². The molecule has 2 rings (SSSR count). The second kappa shape index (κ2) is 7.51. The molecule has 1 atom stereocenters. The molecule has 0 aliphatic heterocycles. The Labute approximate surface area is 133 Å². The van der Waals surface area contributed by atoms with Crippen molar-refractivity contribution in [2.45, 2.75) is 45.7 Å². The first kappa shape index (κ1) is 15.9. The van der Waals surface area contributed by atoms with E-state index in [0.717, 1.165) is 23.5 Å². The number of H-pyrrole nitrogens is 1. The summed E-state index contributed by atoms with van der Waals surface area (Å²) in [5.41, 5.74) is 0.